The fourth-order valence-corrected chi connectivity index (χ4v) is 4.92. The number of anilines is 1. The lowest BCUT2D eigenvalue weighted by Gasteiger charge is -2.36. The molecule has 2 aliphatic rings. The molecule has 1 amide bonds. The first-order chi connectivity index (χ1) is 14.2. The van der Waals surface area contributed by atoms with Crippen LogP contribution in [0.3, 0.4) is 0 Å². The minimum atomic E-state index is -0.0376. The molecule has 0 N–H and O–H groups in total. The molecule has 1 saturated heterocycles. The monoisotopic (exact) mass is 407 g/mol. The van der Waals surface area contributed by atoms with Crippen molar-refractivity contribution in [1.29, 1.82) is 0 Å². The van der Waals surface area contributed by atoms with Gasteiger partial charge in [-0.25, -0.2) is 0 Å². The Kier molecular flexibility index (Phi) is 4.67. The summed E-state index contributed by atoms with van der Waals surface area (Å²) in [5, 5.41) is 4.16. The van der Waals surface area contributed by atoms with Crippen LogP contribution in [0.4, 0.5) is 5.69 Å². The lowest BCUT2D eigenvalue weighted by atomic mass is 10.1. The van der Waals surface area contributed by atoms with E-state index in [4.69, 9.17) is 9.26 Å². The molecule has 3 aromatic rings. The van der Waals surface area contributed by atoms with Crippen LogP contribution in [0.1, 0.15) is 16.1 Å². The maximum atomic E-state index is 13.1. The fraction of sp³-hybridized carbons (Fsp3) is 0.273. The highest BCUT2D eigenvalue weighted by Crippen LogP contribution is 2.42. The second-order valence-electron chi connectivity index (χ2n) is 7.10. The van der Waals surface area contributed by atoms with Crippen molar-refractivity contribution < 1.29 is 14.1 Å². The van der Waals surface area contributed by atoms with Crippen molar-refractivity contribution in [3.05, 3.63) is 59.8 Å². The van der Waals surface area contributed by atoms with Gasteiger partial charge in [-0.05, 0) is 36.4 Å². The number of nitrogens with zero attached hydrogens (tertiary/aromatic N) is 3. The molecule has 0 unspecified atom stereocenters. The summed E-state index contributed by atoms with van der Waals surface area (Å²) in [6.45, 7) is 2.90. The Morgan fingerprint density at radius 1 is 1.07 bits per heavy atom. The zero-order valence-corrected chi connectivity index (χ0v) is 16.9. The van der Waals surface area contributed by atoms with Gasteiger partial charge in [-0.1, -0.05) is 17.3 Å². The van der Waals surface area contributed by atoms with Crippen LogP contribution >= 0.6 is 11.8 Å². The average molecular weight is 407 g/mol. The van der Waals surface area contributed by atoms with Gasteiger partial charge in [0.1, 0.15) is 5.75 Å². The number of ether oxygens (including phenoxy) is 1. The second kappa shape index (κ2) is 7.48. The Hall–Kier alpha value is -2.93. The number of rotatable bonds is 3. The molecule has 5 rings (SSSR count). The molecule has 3 heterocycles. The molecule has 29 heavy (non-hydrogen) atoms. The molecular formula is C22H21N3O3S. The number of thioether (sulfide) groups is 1. The minimum Gasteiger partial charge on any atom is -0.497 e. The van der Waals surface area contributed by atoms with E-state index in [1.54, 1.807) is 18.9 Å². The molecule has 2 aliphatic heterocycles. The zero-order chi connectivity index (χ0) is 19.8. The molecular weight excluding hydrogens is 386 g/mol. The summed E-state index contributed by atoms with van der Waals surface area (Å²) in [7, 11) is 1.67. The predicted molar refractivity (Wildman–Crippen MR) is 113 cm³/mol. The van der Waals surface area contributed by atoms with Crippen LogP contribution in [0.25, 0.3) is 11.3 Å². The number of benzene rings is 2. The highest BCUT2D eigenvalue weighted by atomic mass is 32.2. The van der Waals surface area contributed by atoms with Crippen molar-refractivity contribution in [1.82, 2.24) is 10.1 Å². The number of hydrogen-bond acceptors (Lipinski definition) is 6. The summed E-state index contributed by atoms with van der Waals surface area (Å²) >= 11 is 1.73. The number of carbonyl (C=O) groups excluding carboxylic acids is 1. The zero-order valence-electron chi connectivity index (χ0n) is 16.1. The van der Waals surface area contributed by atoms with Gasteiger partial charge in [-0.3, -0.25) is 4.79 Å². The van der Waals surface area contributed by atoms with Crippen LogP contribution in [0.5, 0.6) is 5.75 Å². The highest BCUT2D eigenvalue weighted by Gasteiger charge is 2.31. The Morgan fingerprint density at radius 3 is 2.59 bits per heavy atom. The molecule has 7 heteroatoms. The first-order valence-corrected chi connectivity index (χ1v) is 10.6. The summed E-state index contributed by atoms with van der Waals surface area (Å²) in [6, 6.07) is 16.1. The standard InChI is InChI=1S/C22H21N3O3S/c1-27-16-8-6-15(7-9-16)24-10-12-25(13-11-24)22(26)20-18-14-29-19-5-3-2-4-17(19)21(18)28-23-20/h2-9H,10-14H2,1H3. The van der Waals surface area contributed by atoms with Crippen molar-refractivity contribution in [2.45, 2.75) is 10.6 Å². The van der Waals surface area contributed by atoms with Crippen molar-refractivity contribution in [2.24, 2.45) is 0 Å². The van der Waals surface area contributed by atoms with Gasteiger partial charge in [0, 0.05) is 53.6 Å². The van der Waals surface area contributed by atoms with Gasteiger partial charge >= 0.3 is 0 Å². The maximum Gasteiger partial charge on any atom is 0.276 e. The summed E-state index contributed by atoms with van der Waals surface area (Å²) in [6.07, 6.45) is 0. The largest absolute Gasteiger partial charge is 0.497 e. The van der Waals surface area contributed by atoms with Gasteiger partial charge in [0.15, 0.2) is 11.5 Å². The number of methoxy groups -OCH3 is 1. The van der Waals surface area contributed by atoms with Crippen LogP contribution in [0.15, 0.2) is 57.9 Å². The van der Waals surface area contributed by atoms with Crippen LogP contribution in [0, 0.1) is 0 Å². The summed E-state index contributed by atoms with van der Waals surface area (Å²) in [5.74, 6) is 2.25. The molecule has 1 aromatic heterocycles. The van der Waals surface area contributed by atoms with Gasteiger partial charge in [-0.2, -0.15) is 0 Å². The van der Waals surface area contributed by atoms with Crippen LogP contribution in [-0.2, 0) is 5.75 Å². The Labute approximate surface area is 173 Å². The SMILES string of the molecule is COc1ccc(N2CCN(C(=O)c3noc4c3CSc3ccccc3-4)CC2)cc1. The lowest BCUT2D eigenvalue weighted by molar-refractivity contribution is 0.0735. The van der Waals surface area contributed by atoms with E-state index >= 15 is 0 Å². The normalized spacial score (nSPS) is 15.6. The van der Waals surface area contributed by atoms with Gasteiger partial charge < -0.3 is 19.1 Å². The summed E-state index contributed by atoms with van der Waals surface area (Å²) in [5.41, 5.74) is 3.54. The smallest absolute Gasteiger partial charge is 0.276 e. The fourth-order valence-electron chi connectivity index (χ4n) is 3.86. The summed E-state index contributed by atoms with van der Waals surface area (Å²) in [4.78, 5) is 18.5. The number of piperazine rings is 1. The topological polar surface area (TPSA) is 58.8 Å². The van der Waals surface area contributed by atoms with Gasteiger partial charge in [0.2, 0.25) is 0 Å². The quantitative estimate of drug-likeness (QED) is 0.656. The third-order valence-electron chi connectivity index (χ3n) is 5.50. The number of hydrogen-bond donors (Lipinski definition) is 0. The van der Waals surface area contributed by atoms with Crippen LogP contribution in [-0.4, -0.2) is 49.3 Å². The molecule has 0 saturated carbocycles. The van der Waals surface area contributed by atoms with E-state index in [1.807, 2.05) is 35.2 Å². The lowest BCUT2D eigenvalue weighted by Crippen LogP contribution is -2.49. The van der Waals surface area contributed by atoms with E-state index in [1.165, 1.54) is 4.90 Å². The molecule has 0 atom stereocenters. The minimum absolute atomic E-state index is 0.0376. The molecule has 0 aliphatic carbocycles. The van der Waals surface area contributed by atoms with E-state index in [9.17, 15) is 4.79 Å². The second-order valence-corrected chi connectivity index (χ2v) is 8.12. The van der Waals surface area contributed by atoms with E-state index in [0.717, 1.165) is 41.4 Å². The molecule has 1 fully saturated rings. The van der Waals surface area contributed by atoms with Crippen molar-refractivity contribution in [2.75, 3.05) is 38.2 Å². The van der Waals surface area contributed by atoms with Crippen molar-refractivity contribution >= 4 is 23.4 Å². The van der Waals surface area contributed by atoms with Crippen LogP contribution in [0.2, 0.25) is 0 Å². The van der Waals surface area contributed by atoms with Gasteiger partial charge in [0.05, 0.1) is 7.11 Å². The Morgan fingerprint density at radius 2 is 1.83 bits per heavy atom. The van der Waals surface area contributed by atoms with Gasteiger partial charge in [-0.15, -0.1) is 11.8 Å². The molecule has 0 radical (unpaired) electrons. The number of amides is 1. The number of aromatic nitrogens is 1. The van der Waals surface area contributed by atoms with E-state index in [-0.39, 0.29) is 5.91 Å². The maximum absolute atomic E-state index is 13.1. The molecule has 0 spiro atoms. The third kappa shape index (κ3) is 3.25. The number of carbonyl (C=O) groups is 1. The first kappa shape index (κ1) is 18.1. The third-order valence-corrected chi connectivity index (χ3v) is 6.60. The van der Waals surface area contributed by atoms with Gasteiger partial charge in [0.25, 0.3) is 5.91 Å². The molecule has 6 nitrogen and oxygen atoms in total. The van der Waals surface area contributed by atoms with E-state index in [2.05, 4.69) is 28.3 Å². The van der Waals surface area contributed by atoms with E-state index < -0.39 is 0 Å². The molecule has 148 valence electrons. The predicted octanol–water partition coefficient (Wildman–Crippen LogP) is 3.92. The van der Waals surface area contributed by atoms with Crippen LogP contribution < -0.4 is 9.64 Å². The first-order valence-electron chi connectivity index (χ1n) is 9.63. The molecule has 0 bridgehead atoms. The number of fused-ring (bicyclic) bond motifs is 3. The molecule has 2 aromatic carbocycles. The highest BCUT2D eigenvalue weighted by molar-refractivity contribution is 7.98. The van der Waals surface area contributed by atoms with Crippen molar-refractivity contribution in [3.8, 4) is 17.1 Å². The van der Waals surface area contributed by atoms with Crippen molar-refractivity contribution in [3.63, 3.8) is 0 Å². The summed E-state index contributed by atoms with van der Waals surface area (Å²) < 4.78 is 10.8. The average Bonchev–Trinajstić information content (AvgIpc) is 3.23. The van der Waals surface area contributed by atoms with E-state index in [0.29, 0.717) is 24.5 Å². The Bertz CT molecular complexity index is 1040. The Balaban J connectivity index is 1.30.